The van der Waals surface area contributed by atoms with Gasteiger partial charge in [0.25, 0.3) is 0 Å². The van der Waals surface area contributed by atoms with Gasteiger partial charge in [0.2, 0.25) is 15.9 Å². The Balaban J connectivity index is 1.82. The molecule has 3 aromatic rings. The average molecular weight is 505 g/mol. The van der Waals surface area contributed by atoms with E-state index >= 15 is 0 Å². The van der Waals surface area contributed by atoms with E-state index in [9.17, 15) is 17.6 Å². The molecule has 0 bridgehead atoms. The Kier molecular flexibility index (Phi) is 7.59. The minimum atomic E-state index is -3.93. The summed E-state index contributed by atoms with van der Waals surface area (Å²) >= 11 is 3.28. The molecule has 0 saturated heterocycles. The molecule has 3 rings (SSSR count). The summed E-state index contributed by atoms with van der Waals surface area (Å²) in [5.41, 5.74) is 1.53. The van der Waals surface area contributed by atoms with E-state index in [1.54, 1.807) is 31.2 Å². The van der Waals surface area contributed by atoms with Gasteiger partial charge in [0.1, 0.15) is 11.9 Å². The maximum atomic E-state index is 13.2. The third-order valence-corrected chi connectivity index (χ3v) is 6.77. The Morgan fingerprint density at radius 3 is 2.19 bits per heavy atom. The summed E-state index contributed by atoms with van der Waals surface area (Å²) in [6.45, 7) is 1.76. The molecule has 162 valence electrons. The molecule has 2 N–H and O–H groups in total. The van der Waals surface area contributed by atoms with Crippen LogP contribution in [0.5, 0.6) is 0 Å². The molecule has 0 spiro atoms. The minimum absolute atomic E-state index is 0.0631. The van der Waals surface area contributed by atoms with Crippen molar-refractivity contribution in [2.24, 2.45) is 0 Å². The lowest BCUT2D eigenvalue weighted by atomic mass is 10.0. The van der Waals surface area contributed by atoms with Crippen LogP contribution in [-0.4, -0.2) is 20.4 Å². The van der Waals surface area contributed by atoms with Crippen LogP contribution in [0, 0.1) is 5.82 Å². The van der Waals surface area contributed by atoms with Crippen molar-refractivity contribution < 1.29 is 17.6 Å². The molecule has 0 heterocycles. The smallest absolute Gasteiger partial charge is 0.241 e. The van der Waals surface area contributed by atoms with E-state index in [4.69, 9.17) is 0 Å². The molecular weight excluding hydrogens is 483 g/mol. The number of carbonyl (C=O) groups is 1. The first-order chi connectivity index (χ1) is 14.7. The molecule has 8 heteroatoms. The zero-order valence-electron chi connectivity index (χ0n) is 16.8. The second-order valence-electron chi connectivity index (χ2n) is 7.10. The number of hydrogen-bond donors (Lipinski definition) is 2. The highest BCUT2D eigenvalue weighted by molar-refractivity contribution is 9.10. The summed E-state index contributed by atoms with van der Waals surface area (Å²) < 4.78 is 42.3. The van der Waals surface area contributed by atoms with Crippen LogP contribution in [-0.2, 0) is 21.2 Å². The van der Waals surface area contributed by atoms with E-state index in [-0.39, 0.29) is 17.1 Å². The fraction of sp³-hybridized carbons (Fsp3) is 0.174. The molecule has 0 fully saturated rings. The van der Waals surface area contributed by atoms with Gasteiger partial charge in [-0.2, -0.15) is 4.72 Å². The monoisotopic (exact) mass is 504 g/mol. The highest BCUT2D eigenvalue weighted by atomic mass is 79.9. The van der Waals surface area contributed by atoms with Crippen molar-refractivity contribution in [2.45, 2.75) is 30.3 Å². The fourth-order valence-electron chi connectivity index (χ4n) is 3.06. The lowest BCUT2D eigenvalue weighted by Gasteiger charge is -2.22. The molecule has 0 radical (unpaired) electrons. The number of nitrogens with one attached hydrogen (secondary N) is 2. The molecule has 0 unspecified atom stereocenters. The molecule has 0 aliphatic rings. The van der Waals surface area contributed by atoms with Crippen LogP contribution in [0.15, 0.2) is 88.2 Å². The van der Waals surface area contributed by atoms with Crippen molar-refractivity contribution in [3.63, 3.8) is 0 Å². The van der Waals surface area contributed by atoms with Gasteiger partial charge in [-0.05, 0) is 60.9 Å². The van der Waals surface area contributed by atoms with Crippen LogP contribution in [0.3, 0.4) is 0 Å². The minimum Gasteiger partial charge on any atom is -0.348 e. The van der Waals surface area contributed by atoms with Gasteiger partial charge in [-0.3, -0.25) is 4.79 Å². The van der Waals surface area contributed by atoms with Crippen LogP contribution >= 0.6 is 15.9 Å². The Hall–Kier alpha value is -2.55. The van der Waals surface area contributed by atoms with Crippen molar-refractivity contribution in [1.29, 1.82) is 0 Å². The Morgan fingerprint density at radius 2 is 1.58 bits per heavy atom. The van der Waals surface area contributed by atoms with Gasteiger partial charge in [-0.1, -0.05) is 58.4 Å². The predicted octanol–water partition coefficient (Wildman–Crippen LogP) is 4.36. The van der Waals surface area contributed by atoms with Crippen molar-refractivity contribution >= 4 is 31.9 Å². The largest absolute Gasteiger partial charge is 0.348 e. The summed E-state index contributed by atoms with van der Waals surface area (Å²) in [7, 11) is -3.93. The van der Waals surface area contributed by atoms with E-state index in [1.807, 2.05) is 30.3 Å². The lowest BCUT2D eigenvalue weighted by Crippen LogP contribution is -2.48. The third kappa shape index (κ3) is 6.46. The Labute approximate surface area is 189 Å². The van der Waals surface area contributed by atoms with Crippen LogP contribution < -0.4 is 10.0 Å². The highest BCUT2D eigenvalue weighted by Crippen LogP contribution is 2.17. The van der Waals surface area contributed by atoms with E-state index in [2.05, 4.69) is 26.0 Å². The van der Waals surface area contributed by atoms with Gasteiger partial charge in [0.05, 0.1) is 10.9 Å². The van der Waals surface area contributed by atoms with Gasteiger partial charge in [0, 0.05) is 4.47 Å². The molecule has 0 aliphatic heterocycles. The first-order valence-corrected chi connectivity index (χ1v) is 11.9. The van der Waals surface area contributed by atoms with E-state index < -0.39 is 28.0 Å². The molecule has 1 amide bonds. The zero-order chi connectivity index (χ0) is 22.4. The third-order valence-electron chi connectivity index (χ3n) is 4.75. The molecule has 2 atom stereocenters. The number of sulfonamides is 1. The number of rotatable bonds is 8. The molecular formula is C23H22BrFN2O3S. The number of halogens is 2. The van der Waals surface area contributed by atoms with Crippen molar-refractivity contribution in [3.05, 3.63) is 100 Å². The van der Waals surface area contributed by atoms with Crippen LogP contribution in [0.4, 0.5) is 4.39 Å². The van der Waals surface area contributed by atoms with Crippen molar-refractivity contribution in [2.75, 3.05) is 0 Å². The normalized spacial score (nSPS) is 13.4. The number of carbonyl (C=O) groups excluding carboxylic acids is 1. The van der Waals surface area contributed by atoms with Gasteiger partial charge in [-0.25, -0.2) is 12.8 Å². The molecule has 0 aromatic heterocycles. The summed E-state index contributed by atoms with van der Waals surface area (Å²) in [6, 6.07) is 19.7. The summed E-state index contributed by atoms with van der Waals surface area (Å²) in [5.74, 6) is -0.840. The van der Waals surface area contributed by atoms with E-state index in [0.29, 0.717) is 5.56 Å². The molecule has 3 aromatic carbocycles. The fourth-order valence-corrected chi connectivity index (χ4v) is 4.52. The molecule has 0 saturated carbocycles. The van der Waals surface area contributed by atoms with Gasteiger partial charge >= 0.3 is 0 Å². The first-order valence-electron chi connectivity index (χ1n) is 9.62. The molecule has 5 nitrogen and oxygen atoms in total. The standard InChI is InChI=1S/C23H22BrFN2O3S/c1-16(18-7-11-20(25)12-8-18)26-23(28)22(15-17-5-3-2-4-6-17)27-31(29,30)21-13-9-19(24)10-14-21/h2-14,16,22,27H,15H2,1H3,(H,26,28)/t16-,22+/m1/s1. The van der Waals surface area contributed by atoms with Crippen LogP contribution in [0.1, 0.15) is 24.1 Å². The summed E-state index contributed by atoms with van der Waals surface area (Å²) in [6.07, 6.45) is 0.179. The van der Waals surface area contributed by atoms with Crippen LogP contribution in [0.2, 0.25) is 0 Å². The number of benzene rings is 3. The maximum Gasteiger partial charge on any atom is 0.241 e. The van der Waals surface area contributed by atoms with E-state index in [0.717, 1.165) is 10.0 Å². The Bertz CT molecular complexity index is 1120. The highest BCUT2D eigenvalue weighted by Gasteiger charge is 2.27. The van der Waals surface area contributed by atoms with Crippen molar-refractivity contribution in [1.82, 2.24) is 10.0 Å². The Morgan fingerprint density at radius 1 is 0.968 bits per heavy atom. The zero-order valence-corrected chi connectivity index (χ0v) is 19.2. The lowest BCUT2D eigenvalue weighted by molar-refractivity contribution is -0.123. The van der Waals surface area contributed by atoms with Gasteiger partial charge < -0.3 is 5.32 Å². The second-order valence-corrected chi connectivity index (χ2v) is 9.73. The topological polar surface area (TPSA) is 75.3 Å². The average Bonchev–Trinajstić information content (AvgIpc) is 2.74. The van der Waals surface area contributed by atoms with Gasteiger partial charge in [-0.15, -0.1) is 0 Å². The number of hydrogen-bond acceptors (Lipinski definition) is 3. The second kappa shape index (κ2) is 10.2. The van der Waals surface area contributed by atoms with Crippen molar-refractivity contribution in [3.8, 4) is 0 Å². The molecule has 31 heavy (non-hydrogen) atoms. The number of amides is 1. The molecule has 0 aliphatic carbocycles. The maximum absolute atomic E-state index is 13.2. The van der Waals surface area contributed by atoms with E-state index in [1.165, 1.54) is 24.3 Å². The summed E-state index contributed by atoms with van der Waals surface area (Å²) in [4.78, 5) is 13.1. The first kappa shape index (κ1) is 23.1. The van der Waals surface area contributed by atoms with Gasteiger partial charge in [0.15, 0.2) is 0 Å². The predicted molar refractivity (Wildman–Crippen MR) is 121 cm³/mol. The quantitative estimate of drug-likeness (QED) is 0.478. The summed E-state index contributed by atoms with van der Waals surface area (Å²) in [5, 5.41) is 2.82. The van der Waals surface area contributed by atoms with Crippen LogP contribution in [0.25, 0.3) is 0 Å². The SMILES string of the molecule is C[C@@H](NC(=O)[C@H](Cc1ccccc1)NS(=O)(=O)c1ccc(Br)cc1)c1ccc(F)cc1.